The Kier molecular flexibility index (Phi) is 6.18. The molecule has 1 aromatic rings. The van der Waals surface area contributed by atoms with Crippen LogP contribution >= 0.6 is 0 Å². The van der Waals surface area contributed by atoms with Crippen molar-refractivity contribution in [1.82, 2.24) is 5.43 Å². The number of hydrogen-bond donors (Lipinski definition) is 1. The van der Waals surface area contributed by atoms with Crippen molar-refractivity contribution in [3.8, 4) is 0 Å². The summed E-state index contributed by atoms with van der Waals surface area (Å²) in [5.74, 6) is 0.272. The van der Waals surface area contributed by atoms with Crippen LogP contribution in [0.2, 0.25) is 0 Å². The number of unbranched alkanes of at least 4 members (excludes halogenated alkanes) is 1. The lowest BCUT2D eigenvalue weighted by Crippen LogP contribution is -2.25. The highest BCUT2D eigenvalue weighted by Gasteiger charge is 2.24. The Bertz CT molecular complexity index is 639. The van der Waals surface area contributed by atoms with Gasteiger partial charge in [0.1, 0.15) is 0 Å². The number of nitrogens with one attached hydrogen (secondary N) is 1. The number of ether oxygens (including phenoxy) is 1. The summed E-state index contributed by atoms with van der Waals surface area (Å²) in [6.07, 6.45) is 7.76. The summed E-state index contributed by atoms with van der Waals surface area (Å²) >= 11 is 0. The van der Waals surface area contributed by atoms with Crippen LogP contribution in [-0.4, -0.2) is 24.8 Å². The first kappa shape index (κ1) is 18.2. The van der Waals surface area contributed by atoms with Crippen LogP contribution in [0.5, 0.6) is 0 Å². The number of methoxy groups -OCH3 is 1. The minimum absolute atomic E-state index is 0.284. The van der Waals surface area contributed by atoms with Crippen LogP contribution < -0.4 is 5.43 Å². The fourth-order valence-electron chi connectivity index (χ4n) is 3.33. The fraction of sp³-hybridized carbons (Fsp3) is 0.500. The Morgan fingerprint density at radius 3 is 2.50 bits per heavy atom. The van der Waals surface area contributed by atoms with E-state index in [1.54, 1.807) is 0 Å². The van der Waals surface area contributed by atoms with E-state index in [2.05, 4.69) is 36.5 Å². The molecule has 0 saturated heterocycles. The third-order valence-electron chi connectivity index (χ3n) is 4.77. The fourth-order valence-corrected chi connectivity index (χ4v) is 3.33. The van der Waals surface area contributed by atoms with Crippen LogP contribution in [-0.2, 0) is 4.74 Å². The molecule has 1 aliphatic heterocycles. The third kappa shape index (κ3) is 4.25. The van der Waals surface area contributed by atoms with Crippen LogP contribution in [0.3, 0.4) is 0 Å². The van der Waals surface area contributed by atoms with Gasteiger partial charge in [-0.15, -0.1) is 0 Å². The zero-order valence-electron chi connectivity index (χ0n) is 15.3. The van der Waals surface area contributed by atoms with E-state index in [-0.39, 0.29) is 5.97 Å². The average molecular weight is 328 g/mol. The predicted octanol–water partition coefficient (Wildman–Crippen LogP) is 4.26. The van der Waals surface area contributed by atoms with Gasteiger partial charge < -0.3 is 10.2 Å². The van der Waals surface area contributed by atoms with Gasteiger partial charge in [0.25, 0.3) is 0 Å². The number of allylic oxidation sites excluding steroid dienone is 1. The molecular weight excluding hydrogens is 300 g/mol. The lowest BCUT2D eigenvalue weighted by Gasteiger charge is -2.14. The van der Waals surface area contributed by atoms with Crippen molar-refractivity contribution < 1.29 is 9.53 Å². The van der Waals surface area contributed by atoms with Gasteiger partial charge in [0, 0.05) is 17.7 Å². The molecule has 1 heterocycles. The Hall–Kier alpha value is -2.10. The number of hydrazone groups is 1. The van der Waals surface area contributed by atoms with Crippen molar-refractivity contribution in [2.45, 2.75) is 53.0 Å². The van der Waals surface area contributed by atoms with E-state index in [9.17, 15) is 4.79 Å². The van der Waals surface area contributed by atoms with Gasteiger partial charge in [-0.05, 0) is 75.8 Å². The van der Waals surface area contributed by atoms with E-state index in [4.69, 9.17) is 4.74 Å². The number of benzene rings is 1. The number of carbonyl (C=O) groups is 1. The van der Waals surface area contributed by atoms with Gasteiger partial charge in [-0.3, -0.25) is 0 Å². The standard InChI is InChI=1S/C20H28N2O2/c1-13-11-17(20(23)24-5)12-14(2)18(13)9-7-6-8-10-19-15(3)21-22-16(19)4/h7,9,11-12,15,19,21H,6,8,10H2,1-5H3/b9-7-. The van der Waals surface area contributed by atoms with E-state index < -0.39 is 0 Å². The summed E-state index contributed by atoms with van der Waals surface area (Å²) in [6.45, 7) is 8.36. The van der Waals surface area contributed by atoms with Crippen LogP contribution in [0.4, 0.5) is 0 Å². The van der Waals surface area contributed by atoms with Gasteiger partial charge in [0.15, 0.2) is 0 Å². The summed E-state index contributed by atoms with van der Waals surface area (Å²) < 4.78 is 4.79. The number of esters is 1. The number of carbonyl (C=O) groups excluding carboxylic acids is 1. The quantitative estimate of drug-likeness (QED) is 0.627. The summed E-state index contributed by atoms with van der Waals surface area (Å²) in [7, 11) is 1.41. The molecule has 24 heavy (non-hydrogen) atoms. The molecular formula is C20H28N2O2. The molecule has 1 aliphatic rings. The normalized spacial score (nSPS) is 20.1. The van der Waals surface area contributed by atoms with Gasteiger partial charge in [0.2, 0.25) is 0 Å². The molecule has 0 amide bonds. The summed E-state index contributed by atoms with van der Waals surface area (Å²) in [6, 6.07) is 4.23. The molecule has 4 heteroatoms. The number of hydrogen-bond acceptors (Lipinski definition) is 4. The molecule has 2 rings (SSSR count). The highest BCUT2D eigenvalue weighted by molar-refractivity contribution is 5.90. The first-order valence-corrected chi connectivity index (χ1v) is 8.59. The average Bonchev–Trinajstić information content (AvgIpc) is 2.87. The van der Waals surface area contributed by atoms with Gasteiger partial charge in [0.05, 0.1) is 12.7 Å². The first-order chi connectivity index (χ1) is 11.4. The molecule has 0 radical (unpaired) electrons. The minimum atomic E-state index is -0.284. The Labute approximate surface area is 145 Å². The molecule has 4 nitrogen and oxygen atoms in total. The zero-order valence-corrected chi connectivity index (χ0v) is 15.3. The topological polar surface area (TPSA) is 50.7 Å². The molecule has 0 fully saturated rings. The second-order valence-electron chi connectivity index (χ2n) is 6.63. The molecule has 0 bridgehead atoms. The van der Waals surface area contributed by atoms with Crippen LogP contribution in [0.15, 0.2) is 23.3 Å². The van der Waals surface area contributed by atoms with Crippen molar-refractivity contribution >= 4 is 17.8 Å². The van der Waals surface area contributed by atoms with Gasteiger partial charge in [-0.25, -0.2) is 4.79 Å². The maximum atomic E-state index is 11.7. The molecule has 2 atom stereocenters. The number of nitrogens with zero attached hydrogens (tertiary/aromatic N) is 1. The molecule has 0 aliphatic carbocycles. The number of rotatable bonds is 6. The van der Waals surface area contributed by atoms with Crippen molar-refractivity contribution in [3.05, 3.63) is 40.5 Å². The Balaban J connectivity index is 1.92. The van der Waals surface area contributed by atoms with Crippen LogP contribution in [0.1, 0.15) is 60.2 Å². The lowest BCUT2D eigenvalue weighted by atomic mass is 9.92. The predicted molar refractivity (Wildman–Crippen MR) is 99.3 cm³/mol. The van der Waals surface area contributed by atoms with Crippen molar-refractivity contribution in [2.24, 2.45) is 11.0 Å². The van der Waals surface area contributed by atoms with Crippen molar-refractivity contribution in [2.75, 3.05) is 7.11 Å². The molecule has 130 valence electrons. The smallest absolute Gasteiger partial charge is 0.337 e. The van der Waals surface area contributed by atoms with Crippen LogP contribution in [0, 0.1) is 19.8 Å². The molecule has 2 unspecified atom stereocenters. The zero-order chi connectivity index (χ0) is 17.7. The minimum Gasteiger partial charge on any atom is -0.465 e. The SMILES string of the molecule is COC(=O)c1cc(C)c(/C=C\CCCC2C(C)=NNC2C)c(C)c1. The second-order valence-corrected chi connectivity index (χ2v) is 6.63. The van der Waals surface area contributed by atoms with Gasteiger partial charge >= 0.3 is 5.97 Å². The maximum Gasteiger partial charge on any atom is 0.337 e. The van der Waals surface area contributed by atoms with E-state index in [0.29, 0.717) is 17.5 Å². The molecule has 0 saturated carbocycles. The van der Waals surface area contributed by atoms with Crippen LogP contribution in [0.25, 0.3) is 6.08 Å². The number of aryl methyl sites for hydroxylation is 2. The highest BCUT2D eigenvalue weighted by atomic mass is 16.5. The summed E-state index contributed by atoms with van der Waals surface area (Å²) in [4.78, 5) is 11.7. The first-order valence-electron chi connectivity index (χ1n) is 8.59. The molecule has 1 N–H and O–H groups in total. The van der Waals surface area contributed by atoms with Crippen molar-refractivity contribution in [1.29, 1.82) is 0 Å². The monoisotopic (exact) mass is 328 g/mol. The summed E-state index contributed by atoms with van der Waals surface area (Å²) in [5.41, 5.74) is 8.38. The molecule has 0 spiro atoms. The van der Waals surface area contributed by atoms with E-state index in [0.717, 1.165) is 30.4 Å². The third-order valence-corrected chi connectivity index (χ3v) is 4.77. The largest absolute Gasteiger partial charge is 0.465 e. The van der Waals surface area contributed by atoms with E-state index in [1.165, 1.54) is 18.4 Å². The maximum absolute atomic E-state index is 11.7. The summed E-state index contributed by atoms with van der Waals surface area (Å²) in [5, 5.41) is 4.31. The lowest BCUT2D eigenvalue weighted by molar-refractivity contribution is 0.0600. The Morgan fingerprint density at radius 2 is 1.96 bits per heavy atom. The molecule has 1 aromatic carbocycles. The van der Waals surface area contributed by atoms with Gasteiger partial charge in [-0.2, -0.15) is 5.10 Å². The molecule has 0 aromatic heterocycles. The highest BCUT2D eigenvalue weighted by Crippen LogP contribution is 2.21. The second kappa shape index (κ2) is 8.13. The van der Waals surface area contributed by atoms with Gasteiger partial charge in [-0.1, -0.05) is 12.2 Å². The van der Waals surface area contributed by atoms with E-state index >= 15 is 0 Å². The van der Waals surface area contributed by atoms with E-state index in [1.807, 2.05) is 26.0 Å². The van der Waals surface area contributed by atoms with Crippen molar-refractivity contribution in [3.63, 3.8) is 0 Å². The Morgan fingerprint density at radius 1 is 1.29 bits per heavy atom.